The van der Waals surface area contributed by atoms with Crippen LogP contribution in [0.25, 0.3) is 0 Å². The molecule has 0 amide bonds. The predicted molar refractivity (Wildman–Crippen MR) is 129 cm³/mol. The number of hydrogen-bond donors (Lipinski definition) is 2. The Balaban J connectivity index is 0.00000363. The predicted octanol–water partition coefficient (Wildman–Crippen LogP) is 3.53. The van der Waals surface area contributed by atoms with E-state index in [1.54, 1.807) is 19.2 Å². The van der Waals surface area contributed by atoms with E-state index in [-0.39, 0.29) is 36.3 Å². The maximum atomic E-state index is 12.7. The van der Waals surface area contributed by atoms with E-state index in [4.69, 9.17) is 4.74 Å². The highest BCUT2D eigenvalue weighted by Crippen LogP contribution is 2.25. The Morgan fingerprint density at radius 2 is 2.06 bits per heavy atom. The van der Waals surface area contributed by atoms with Gasteiger partial charge in [-0.05, 0) is 37.5 Å². The average molecular weight is 564 g/mol. The number of fused-ring (bicyclic) bond motifs is 1. The number of guanidine groups is 1. The van der Waals surface area contributed by atoms with Gasteiger partial charge in [0.25, 0.3) is 0 Å². The molecule has 0 unspecified atom stereocenters. The molecular formula is C21H31F2IN6O2. The number of nitrogens with one attached hydrogen (secondary N) is 2. The van der Waals surface area contributed by atoms with E-state index in [1.807, 2.05) is 0 Å². The molecule has 1 aromatic heterocycles. The molecule has 3 rings (SSSR count). The Labute approximate surface area is 204 Å². The van der Waals surface area contributed by atoms with Crippen LogP contribution in [0.1, 0.15) is 42.9 Å². The Bertz CT molecular complexity index is 878. The van der Waals surface area contributed by atoms with Crippen LogP contribution in [0.2, 0.25) is 0 Å². The van der Waals surface area contributed by atoms with Gasteiger partial charge >= 0.3 is 6.61 Å². The van der Waals surface area contributed by atoms with Crippen LogP contribution in [-0.4, -0.2) is 48.0 Å². The summed E-state index contributed by atoms with van der Waals surface area (Å²) < 4.78 is 37.4. The van der Waals surface area contributed by atoms with Crippen molar-refractivity contribution in [2.45, 2.75) is 58.2 Å². The molecule has 2 N–H and O–H groups in total. The molecular weight excluding hydrogens is 533 g/mol. The third kappa shape index (κ3) is 7.45. The molecule has 32 heavy (non-hydrogen) atoms. The van der Waals surface area contributed by atoms with E-state index in [1.165, 1.54) is 32.4 Å². The molecule has 0 atom stereocenters. The smallest absolute Gasteiger partial charge is 0.387 e. The van der Waals surface area contributed by atoms with E-state index in [9.17, 15) is 8.78 Å². The largest absolute Gasteiger partial charge is 0.497 e. The van der Waals surface area contributed by atoms with Gasteiger partial charge in [0.1, 0.15) is 23.1 Å². The molecule has 2 heterocycles. The lowest BCUT2D eigenvalue weighted by Gasteiger charge is -2.15. The molecule has 0 saturated carbocycles. The topological polar surface area (TPSA) is 85.6 Å². The van der Waals surface area contributed by atoms with Gasteiger partial charge in [0, 0.05) is 45.1 Å². The first-order valence-electron chi connectivity index (χ1n) is 10.6. The Hall–Kier alpha value is -2.18. The molecule has 0 fully saturated rings. The van der Waals surface area contributed by atoms with Gasteiger partial charge in [-0.1, -0.05) is 6.42 Å². The number of ether oxygens (including phenoxy) is 2. The fourth-order valence-corrected chi connectivity index (χ4v) is 3.61. The van der Waals surface area contributed by atoms with Gasteiger partial charge in [-0.25, -0.2) is 0 Å². The summed E-state index contributed by atoms with van der Waals surface area (Å²) in [4.78, 5) is 4.19. The minimum atomic E-state index is -2.89. The SMILES string of the molecule is CN=C(NCCCc1nnc2n1CCCCC2)NCc1cc(OC)ccc1OC(F)F.I. The Morgan fingerprint density at radius 3 is 2.81 bits per heavy atom. The third-order valence-electron chi connectivity index (χ3n) is 5.21. The van der Waals surface area contributed by atoms with Crippen molar-refractivity contribution in [2.75, 3.05) is 20.7 Å². The normalized spacial score (nSPS) is 13.7. The first-order chi connectivity index (χ1) is 15.1. The maximum Gasteiger partial charge on any atom is 0.387 e. The highest BCUT2D eigenvalue weighted by Gasteiger charge is 2.14. The summed E-state index contributed by atoms with van der Waals surface area (Å²) in [7, 11) is 3.19. The van der Waals surface area contributed by atoms with E-state index < -0.39 is 6.61 Å². The molecule has 1 aliphatic rings. The van der Waals surface area contributed by atoms with Crippen LogP contribution in [-0.2, 0) is 25.9 Å². The average Bonchev–Trinajstić information content (AvgIpc) is 2.99. The lowest BCUT2D eigenvalue weighted by atomic mass is 10.2. The molecule has 11 heteroatoms. The molecule has 8 nitrogen and oxygen atoms in total. The van der Waals surface area contributed by atoms with Gasteiger partial charge in [0.05, 0.1) is 7.11 Å². The standard InChI is InChI=1S/C21H30F2N6O2.HI/c1-24-21(26-14-15-13-16(30-2)9-10-17(15)31-20(22)23)25-11-6-8-19-28-27-18-7-4-3-5-12-29(18)19;/h9-10,13,20H,3-8,11-12,14H2,1-2H3,(H2,24,25,26);1H. The number of alkyl halides is 2. The highest BCUT2D eigenvalue weighted by atomic mass is 127. The molecule has 0 aliphatic carbocycles. The molecule has 1 aliphatic heterocycles. The van der Waals surface area contributed by atoms with Crippen LogP contribution in [0.5, 0.6) is 11.5 Å². The van der Waals surface area contributed by atoms with Gasteiger partial charge in [0.2, 0.25) is 0 Å². The van der Waals surface area contributed by atoms with Crippen LogP contribution in [0.15, 0.2) is 23.2 Å². The van der Waals surface area contributed by atoms with Crippen molar-refractivity contribution in [2.24, 2.45) is 4.99 Å². The number of rotatable bonds is 9. The lowest BCUT2D eigenvalue weighted by Crippen LogP contribution is -2.37. The van der Waals surface area contributed by atoms with Gasteiger partial charge in [-0.3, -0.25) is 4.99 Å². The lowest BCUT2D eigenvalue weighted by molar-refractivity contribution is -0.0504. The maximum absolute atomic E-state index is 12.7. The summed E-state index contributed by atoms with van der Waals surface area (Å²) in [5.74, 6) is 3.37. The number of benzene rings is 1. The molecule has 0 bridgehead atoms. The van der Waals surface area contributed by atoms with Crippen LogP contribution in [0.3, 0.4) is 0 Å². The summed E-state index contributed by atoms with van der Waals surface area (Å²) >= 11 is 0. The second-order valence-corrected chi connectivity index (χ2v) is 7.30. The fraction of sp³-hybridized carbons (Fsp3) is 0.571. The molecule has 1 aromatic carbocycles. The van der Waals surface area contributed by atoms with Crippen molar-refractivity contribution in [3.05, 3.63) is 35.4 Å². The second-order valence-electron chi connectivity index (χ2n) is 7.30. The highest BCUT2D eigenvalue weighted by molar-refractivity contribution is 14.0. The number of nitrogens with zero attached hydrogens (tertiary/aromatic N) is 4. The fourth-order valence-electron chi connectivity index (χ4n) is 3.61. The van der Waals surface area contributed by atoms with E-state index in [2.05, 4.69) is 35.1 Å². The van der Waals surface area contributed by atoms with Gasteiger partial charge in [0.15, 0.2) is 5.96 Å². The van der Waals surface area contributed by atoms with Crippen molar-refractivity contribution in [1.82, 2.24) is 25.4 Å². The first-order valence-corrected chi connectivity index (χ1v) is 10.6. The minimum Gasteiger partial charge on any atom is -0.497 e. The number of aryl methyl sites for hydroxylation is 2. The second kappa shape index (κ2) is 13.4. The van der Waals surface area contributed by atoms with Gasteiger partial charge in [-0.2, -0.15) is 8.78 Å². The molecule has 0 spiro atoms. The summed E-state index contributed by atoms with van der Waals surface area (Å²) in [6, 6.07) is 4.72. The first kappa shape index (κ1) is 26.1. The van der Waals surface area contributed by atoms with Crippen LogP contribution >= 0.6 is 24.0 Å². The number of halogens is 3. The zero-order valence-electron chi connectivity index (χ0n) is 18.4. The van der Waals surface area contributed by atoms with Crippen molar-refractivity contribution in [1.29, 1.82) is 0 Å². The van der Waals surface area contributed by atoms with E-state index >= 15 is 0 Å². The summed E-state index contributed by atoms with van der Waals surface area (Å²) in [5.41, 5.74) is 0.550. The number of methoxy groups -OCH3 is 1. The number of hydrogen-bond acceptors (Lipinski definition) is 5. The number of aromatic nitrogens is 3. The Morgan fingerprint density at radius 1 is 1.22 bits per heavy atom. The molecule has 2 aromatic rings. The van der Waals surface area contributed by atoms with Crippen molar-refractivity contribution >= 4 is 29.9 Å². The van der Waals surface area contributed by atoms with Crippen LogP contribution in [0.4, 0.5) is 8.78 Å². The van der Waals surface area contributed by atoms with Crippen molar-refractivity contribution < 1.29 is 18.3 Å². The minimum absolute atomic E-state index is 0. The van der Waals surface area contributed by atoms with Crippen LogP contribution < -0.4 is 20.1 Å². The summed E-state index contributed by atoms with van der Waals surface area (Å²) in [6.45, 7) is -0.939. The van der Waals surface area contributed by atoms with Crippen LogP contribution in [0, 0.1) is 0 Å². The summed E-state index contributed by atoms with van der Waals surface area (Å²) in [6.07, 6.45) is 6.30. The summed E-state index contributed by atoms with van der Waals surface area (Å²) in [5, 5.41) is 15.1. The van der Waals surface area contributed by atoms with Gasteiger partial charge in [-0.15, -0.1) is 34.2 Å². The van der Waals surface area contributed by atoms with Crippen molar-refractivity contribution in [3.63, 3.8) is 0 Å². The number of aliphatic imine (C=N–C) groups is 1. The zero-order chi connectivity index (χ0) is 22.1. The zero-order valence-corrected chi connectivity index (χ0v) is 20.8. The molecule has 178 valence electrons. The quantitative estimate of drug-likeness (QED) is 0.210. The van der Waals surface area contributed by atoms with E-state index in [0.29, 0.717) is 23.8 Å². The van der Waals surface area contributed by atoms with Crippen molar-refractivity contribution in [3.8, 4) is 11.5 Å². The monoisotopic (exact) mass is 564 g/mol. The third-order valence-corrected chi connectivity index (χ3v) is 5.21. The van der Waals surface area contributed by atoms with E-state index in [0.717, 1.165) is 37.5 Å². The van der Waals surface area contributed by atoms with Gasteiger partial charge < -0.3 is 24.7 Å². The molecule has 0 radical (unpaired) electrons. The Kier molecular flexibility index (Phi) is 10.9. The molecule has 0 saturated heterocycles.